The lowest BCUT2D eigenvalue weighted by atomic mass is 9.96. The van der Waals surface area contributed by atoms with Crippen LogP contribution in [0.2, 0.25) is 0 Å². The third-order valence-corrected chi connectivity index (χ3v) is 7.04. The minimum atomic E-state index is 0.987. The molecule has 0 radical (unpaired) electrons. The molecule has 0 saturated carbocycles. The van der Waals surface area contributed by atoms with Gasteiger partial charge in [0.25, 0.3) is 0 Å². The Morgan fingerprint density at radius 1 is 0.405 bits per heavy atom. The van der Waals surface area contributed by atoms with Crippen molar-refractivity contribution in [2.45, 2.75) is 0 Å². The van der Waals surface area contributed by atoms with Crippen LogP contribution in [-0.2, 0) is 0 Å². The molecule has 0 amide bonds. The van der Waals surface area contributed by atoms with Crippen molar-refractivity contribution >= 4 is 21.8 Å². The molecule has 0 aliphatic carbocycles. The number of hydrogen-bond acceptors (Lipinski definition) is 1. The fourth-order valence-electron chi connectivity index (χ4n) is 5.28. The highest BCUT2D eigenvalue weighted by Gasteiger charge is 2.13. The molecule has 7 aromatic rings. The van der Waals surface area contributed by atoms with Gasteiger partial charge in [0.1, 0.15) is 0 Å². The lowest BCUT2D eigenvalue weighted by molar-refractivity contribution is 1.18. The maximum atomic E-state index is 4.52. The van der Waals surface area contributed by atoms with E-state index in [4.69, 9.17) is 0 Å². The van der Waals surface area contributed by atoms with Crippen molar-refractivity contribution in [2.75, 3.05) is 0 Å². The Balaban J connectivity index is 1.34. The summed E-state index contributed by atoms with van der Waals surface area (Å²) in [4.78, 5) is 4.52. The highest BCUT2D eigenvalue weighted by Crippen LogP contribution is 2.36. The Bertz CT molecular complexity index is 1860. The van der Waals surface area contributed by atoms with Crippen molar-refractivity contribution in [3.8, 4) is 39.2 Å². The fraction of sp³-hybridized carbons (Fsp3) is 0. The van der Waals surface area contributed by atoms with Gasteiger partial charge in [0.05, 0.1) is 16.7 Å². The second-order valence-corrected chi connectivity index (χ2v) is 9.30. The number of nitrogens with zero attached hydrogens (tertiary/aromatic N) is 2. The maximum absolute atomic E-state index is 4.52. The zero-order valence-electron chi connectivity index (χ0n) is 20.3. The molecule has 2 heteroatoms. The van der Waals surface area contributed by atoms with Crippen molar-refractivity contribution in [1.82, 2.24) is 9.55 Å². The van der Waals surface area contributed by atoms with Crippen LogP contribution in [0.1, 0.15) is 0 Å². The molecule has 2 aromatic heterocycles. The minimum Gasteiger partial charge on any atom is -0.309 e. The highest BCUT2D eigenvalue weighted by molar-refractivity contribution is 6.10. The number of hydrogen-bond donors (Lipinski definition) is 0. The van der Waals surface area contributed by atoms with Gasteiger partial charge in [0.2, 0.25) is 0 Å². The van der Waals surface area contributed by atoms with Gasteiger partial charge in [-0.25, -0.2) is 0 Å². The van der Waals surface area contributed by atoms with Gasteiger partial charge in [-0.3, -0.25) is 4.98 Å². The van der Waals surface area contributed by atoms with Crippen LogP contribution in [0.4, 0.5) is 0 Å². The van der Waals surface area contributed by atoms with E-state index in [2.05, 4.69) is 137 Å². The van der Waals surface area contributed by atoms with Crippen LogP contribution >= 0.6 is 0 Å². The first-order chi connectivity index (χ1) is 18.3. The summed E-state index contributed by atoms with van der Waals surface area (Å²) in [6.07, 6.45) is 1.84. The van der Waals surface area contributed by atoms with Gasteiger partial charge < -0.3 is 4.57 Å². The first-order valence-corrected chi connectivity index (χ1v) is 12.6. The number of aromatic nitrogens is 2. The molecule has 5 aromatic carbocycles. The summed E-state index contributed by atoms with van der Waals surface area (Å²) in [6, 6.07) is 49.5. The lowest BCUT2D eigenvalue weighted by Crippen LogP contribution is -1.92. The molecule has 0 aliphatic heterocycles. The second-order valence-electron chi connectivity index (χ2n) is 9.30. The van der Waals surface area contributed by atoms with Crippen LogP contribution < -0.4 is 0 Å². The van der Waals surface area contributed by atoms with Crippen LogP contribution in [0.15, 0.2) is 146 Å². The van der Waals surface area contributed by atoms with Gasteiger partial charge in [0.15, 0.2) is 0 Å². The predicted molar refractivity (Wildman–Crippen MR) is 155 cm³/mol. The van der Waals surface area contributed by atoms with E-state index < -0.39 is 0 Å². The zero-order chi connectivity index (χ0) is 24.6. The molecule has 0 aliphatic rings. The van der Waals surface area contributed by atoms with E-state index >= 15 is 0 Å². The second kappa shape index (κ2) is 8.92. The summed E-state index contributed by atoms with van der Waals surface area (Å²) >= 11 is 0. The van der Waals surface area contributed by atoms with Crippen molar-refractivity contribution in [3.63, 3.8) is 0 Å². The normalized spacial score (nSPS) is 11.2. The van der Waals surface area contributed by atoms with Crippen molar-refractivity contribution < 1.29 is 0 Å². The van der Waals surface area contributed by atoms with Crippen molar-refractivity contribution in [1.29, 1.82) is 0 Å². The largest absolute Gasteiger partial charge is 0.309 e. The number of rotatable bonds is 4. The monoisotopic (exact) mass is 472 g/mol. The molecule has 2 nitrogen and oxygen atoms in total. The highest BCUT2D eigenvalue weighted by atomic mass is 15.0. The Morgan fingerprint density at radius 3 is 1.78 bits per heavy atom. The summed E-state index contributed by atoms with van der Waals surface area (Å²) in [5.41, 5.74) is 10.5. The van der Waals surface area contributed by atoms with Crippen LogP contribution in [-0.4, -0.2) is 9.55 Å². The maximum Gasteiger partial charge on any atom is 0.0702 e. The van der Waals surface area contributed by atoms with Crippen LogP contribution in [0.5, 0.6) is 0 Å². The predicted octanol–water partition coefficient (Wildman–Crippen LogP) is 9.18. The molecule has 174 valence electrons. The molecule has 0 unspecified atom stereocenters. The van der Waals surface area contributed by atoms with Gasteiger partial charge in [-0.2, -0.15) is 0 Å². The minimum absolute atomic E-state index is 0.987. The molecule has 0 bridgehead atoms. The van der Waals surface area contributed by atoms with Gasteiger partial charge in [0, 0.05) is 28.2 Å². The Labute approximate surface area is 216 Å². The van der Waals surface area contributed by atoms with E-state index in [1.165, 1.54) is 49.7 Å². The molecule has 0 spiro atoms. The molecule has 0 saturated heterocycles. The van der Waals surface area contributed by atoms with E-state index in [-0.39, 0.29) is 0 Å². The first kappa shape index (κ1) is 21.3. The fourth-order valence-corrected chi connectivity index (χ4v) is 5.28. The van der Waals surface area contributed by atoms with Crippen LogP contribution in [0.25, 0.3) is 61.0 Å². The van der Waals surface area contributed by atoms with Crippen LogP contribution in [0.3, 0.4) is 0 Å². The number of benzene rings is 5. The molecule has 0 N–H and O–H groups in total. The summed E-state index contributed by atoms with van der Waals surface area (Å²) in [5.74, 6) is 0. The summed E-state index contributed by atoms with van der Waals surface area (Å²) in [6.45, 7) is 0. The van der Waals surface area contributed by atoms with Crippen molar-refractivity contribution in [2.24, 2.45) is 0 Å². The molecular weight excluding hydrogens is 448 g/mol. The zero-order valence-corrected chi connectivity index (χ0v) is 20.3. The van der Waals surface area contributed by atoms with Gasteiger partial charge in [-0.1, -0.05) is 84.9 Å². The average Bonchev–Trinajstić information content (AvgIpc) is 3.32. The van der Waals surface area contributed by atoms with E-state index in [0.717, 1.165) is 11.3 Å². The Kier molecular flexibility index (Phi) is 5.15. The van der Waals surface area contributed by atoms with Crippen molar-refractivity contribution in [3.05, 3.63) is 146 Å². The Morgan fingerprint density at radius 2 is 1.03 bits per heavy atom. The third-order valence-electron chi connectivity index (χ3n) is 7.04. The van der Waals surface area contributed by atoms with Crippen LogP contribution in [0, 0.1) is 0 Å². The smallest absolute Gasteiger partial charge is 0.0702 e. The molecule has 37 heavy (non-hydrogen) atoms. The molecule has 0 atom stereocenters. The van der Waals surface area contributed by atoms with E-state index in [1.807, 2.05) is 18.3 Å². The quantitative estimate of drug-likeness (QED) is 0.250. The molecule has 0 fully saturated rings. The summed E-state index contributed by atoms with van der Waals surface area (Å²) in [5, 5.41) is 2.53. The molecular formula is C35H24N2. The average molecular weight is 473 g/mol. The molecule has 2 heterocycles. The first-order valence-electron chi connectivity index (χ1n) is 12.6. The number of para-hydroxylation sites is 2. The van der Waals surface area contributed by atoms with Gasteiger partial charge in [-0.05, 0) is 76.9 Å². The SMILES string of the molecule is c1ccc(-n2c3ccccc3c3cc(-c4cccc(-c5cccc(-c6ccccn6)c5)c4)ccc32)cc1. The third kappa shape index (κ3) is 3.80. The van der Waals surface area contributed by atoms with E-state index in [0.29, 0.717) is 0 Å². The lowest BCUT2D eigenvalue weighted by Gasteiger charge is -2.10. The van der Waals surface area contributed by atoms with Gasteiger partial charge in [-0.15, -0.1) is 0 Å². The van der Waals surface area contributed by atoms with E-state index in [9.17, 15) is 0 Å². The molecule has 7 rings (SSSR count). The summed E-state index contributed by atoms with van der Waals surface area (Å²) < 4.78 is 2.36. The Hall–Kier alpha value is -4.95. The number of fused-ring (bicyclic) bond motifs is 3. The summed E-state index contributed by atoms with van der Waals surface area (Å²) in [7, 11) is 0. The standard InChI is InChI=1S/C35H24N2/c1-2-14-30(15-3-1)37-34-18-5-4-16-31(34)32-24-28(19-20-35(32)37)26-11-8-10-25(22-26)27-12-9-13-29(23-27)33-17-6-7-21-36-33/h1-24H. The van der Waals surface area contributed by atoms with Gasteiger partial charge >= 0.3 is 0 Å². The number of pyridine rings is 1. The topological polar surface area (TPSA) is 17.8 Å². The van der Waals surface area contributed by atoms with E-state index in [1.54, 1.807) is 0 Å².